The molecule has 5 heteroatoms. The van der Waals surface area contributed by atoms with Crippen LogP contribution in [0, 0.1) is 0 Å². The minimum atomic E-state index is 0.0426. The Balaban J connectivity index is 2.90. The number of nitrogens with two attached hydrogens (primary N) is 1. The Morgan fingerprint density at radius 3 is 2.93 bits per heavy atom. The van der Waals surface area contributed by atoms with Crippen molar-refractivity contribution in [2.45, 2.75) is 20.0 Å². The van der Waals surface area contributed by atoms with Crippen molar-refractivity contribution in [3.63, 3.8) is 0 Å². The summed E-state index contributed by atoms with van der Waals surface area (Å²) in [4.78, 5) is 3.98. The third-order valence-electron chi connectivity index (χ3n) is 1.49. The normalized spacial score (nSPS) is 11.8. The maximum absolute atomic E-state index is 8.46. The van der Waals surface area contributed by atoms with Gasteiger partial charge in [0.2, 0.25) is 5.88 Å². The van der Waals surface area contributed by atoms with Crippen molar-refractivity contribution in [2.75, 3.05) is 0 Å². The van der Waals surface area contributed by atoms with Crippen molar-refractivity contribution in [1.29, 1.82) is 0 Å². The lowest BCUT2D eigenvalue weighted by molar-refractivity contribution is 0.232. The summed E-state index contributed by atoms with van der Waals surface area (Å²) in [7, 11) is 0. The molecule has 0 saturated heterocycles. The molecule has 0 amide bonds. The van der Waals surface area contributed by atoms with E-state index in [9.17, 15) is 0 Å². The minimum Gasteiger partial charge on any atom is -0.475 e. The van der Waals surface area contributed by atoms with Crippen LogP contribution in [0.2, 0.25) is 0 Å². The van der Waals surface area contributed by atoms with E-state index in [-0.39, 0.29) is 11.9 Å². The van der Waals surface area contributed by atoms with Gasteiger partial charge in [-0.3, -0.25) is 0 Å². The van der Waals surface area contributed by atoms with E-state index in [1.54, 1.807) is 18.3 Å². The summed E-state index contributed by atoms with van der Waals surface area (Å²) in [5.74, 6) is 0.505. The predicted molar refractivity (Wildman–Crippen MR) is 52.5 cm³/mol. The Morgan fingerprint density at radius 2 is 2.36 bits per heavy atom. The molecule has 0 aromatic carbocycles. The highest BCUT2D eigenvalue weighted by Gasteiger charge is 2.03. The average Bonchev–Trinajstić information content (AvgIpc) is 2.16. The van der Waals surface area contributed by atoms with Gasteiger partial charge in [0.05, 0.1) is 6.10 Å². The third kappa shape index (κ3) is 2.62. The first-order valence-electron chi connectivity index (χ1n) is 4.24. The Morgan fingerprint density at radius 1 is 1.64 bits per heavy atom. The Kier molecular flexibility index (Phi) is 3.28. The predicted octanol–water partition coefficient (Wildman–Crippen LogP) is 0.963. The van der Waals surface area contributed by atoms with Crippen molar-refractivity contribution in [3.05, 3.63) is 23.9 Å². The van der Waals surface area contributed by atoms with Gasteiger partial charge in [0, 0.05) is 17.8 Å². The van der Waals surface area contributed by atoms with Gasteiger partial charge >= 0.3 is 0 Å². The zero-order valence-corrected chi connectivity index (χ0v) is 8.14. The van der Waals surface area contributed by atoms with Gasteiger partial charge < -0.3 is 15.7 Å². The maximum atomic E-state index is 8.46. The minimum absolute atomic E-state index is 0.0426. The molecule has 1 heterocycles. The molecule has 0 aliphatic carbocycles. The first kappa shape index (κ1) is 10.3. The molecule has 0 saturated carbocycles. The average molecular weight is 195 g/mol. The number of nitrogens with zero attached hydrogens (tertiary/aromatic N) is 2. The van der Waals surface area contributed by atoms with Crippen LogP contribution in [0.5, 0.6) is 5.88 Å². The molecule has 5 nitrogen and oxygen atoms in total. The summed E-state index contributed by atoms with van der Waals surface area (Å²) in [6.45, 7) is 3.80. The molecule has 0 radical (unpaired) electrons. The van der Waals surface area contributed by atoms with Crippen LogP contribution in [0.15, 0.2) is 23.5 Å². The second-order valence-electron chi connectivity index (χ2n) is 3.03. The zero-order chi connectivity index (χ0) is 10.6. The number of amidine groups is 1. The highest BCUT2D eigenvalue weighted by molar-refractivity contribution is 5.97. The van der Waals surface area contributed by atoms with Crippen molar-refractivity contribution in [3.8, 4) is 5.88 Å². The summed E-state index contributed by atoms with van der Waals surface area (Å²) >= 11 is 0. The van der Waals surface area contributed by atoms with Gasteiger partial charge in [-0.2, -0.15) is 0 Å². The van der Waals surface area contributed by atoms with Gasteiger partial charge in [-0.1, -0.05) is 5.16 Å². The smallest absolute Gasteiger partial charge is 0.214 e. The van der Waals surface area contributed by atoms with Crippen molar-refractivity contribution >= 4 is 5.84 Å². The molecular formula is C9H13N3O2. The van der Waals surface area contributed by atoms with Crippen LogP contribution in [0.25, 0.3) is 0 Å². The van der Waals surface area contributed by atoms with E-state index in [4.69, 9.17) is 15.7 Å². The van der Waals surface area contributed by atoms with Crippen LogP contribution in [0.4, 0.5) is 0 Å². The van der Waals surface area contributed by atoms with E-state index >= 15 is 0 Å². The molecule has 0 unspecified atom stereocenters. The van der Waals surface area contributed by atoms with Crippen molar-refractivity contribution in [1.82, 2.24) is 4.98 Å². The van der Waals surface area contributed by atoms with E-state index in [1.807, 2.05) is 13.8 Å². The number of ether oxygens (including phenoxy) is 1. The van der Waals surface area contributed by atoms with Gasteiger partial charge in [-0.25, -0.2) is 4.98 Å². The quantitative estimate of drug-likeness (QED) is 0.326. The van der Waals surface area contributed by atoms with Crippen LogP contribution in [0.1, 0.15) is 19.4 Å². The van der Waals surface area contributed by atoms with E-state index < -0.39 is 0 Å². The van der Waals surface area contributed by atoms with Crippen LogP contribution < -0.4 is 10.5 Å². The fourth-order valence-electron chi connectivity index (χ4n) is 0.932. The summed E-state index contributed by atoms with van der Waals surface area (Å²) in [6.07, 6.45) is 1.59. The summed E-state index contributed by atoms with van der Waals surface area (Å²) in [5, 5.41) is 11.4. The summed E-state index contributed by atoms with van der Waals surface area (Å²) in [5.41, 5.74) is 5.99. The number of aromatic nitrogens is 1. The van der Waals surface area contributed by atoms with Crippen LogP contribution in [-0.2, 0) is 0 Å². The Hall–Kier alpha value is -1.78. The molecule has 0 fully saturated rings. The Bertz CT molecular complexity index is 337. The highest BCUT2D eigenvalue weighted by atomic mass is 16.5. The van der Waals surface area contributed by atoms with Gasteiger partial charge in [0.15, 0.2) is 5.84 Å². The standard InChI is InChI=1S/C9H13N3O2/c1-6(2)14-8-5-7(3-4-11-8)9(10)12-13/h3-6,13H,1-2H3,(H2,10,12). The summed E-state index contributed by atoms with van der Waals surface area (Å²) in [6, 6.07) is 3.26. The van der Waals surface area contributed by atoms with Gasteiger partial charge in [-0.05, 0) is 19.9 Å². The zero-order valence-electron chi connectivity index (χ0n) is 8.14. The first-order chi connectivity index (χ1) is 6.63. The number of hydrogen-bond acceptors (Lipinski definition) is 4. The van der Waals surface area contributed by atoms with E-state index in [0.717, 1.165) is 0 Å². The Labute approximate surface area is 82.2 Å². The molecule has 0 aliphatic rings. The second-order valence-corrected chi connectivity index (χ2v) is 3.03. The van der Waals surface area contributed by atoms with Crippen molar-refractivity contribution < 1.29 is 9.94 Å². The molecule has 76 valence electrons. The fourth-order valence-corrected chi connectivity index (χ4v) is 0.932. The molecule has 0 bridgehead atoms. The lowest BCUT2D eigenvalue weighted by atomic mass is 10.2. The highest BCUT2D eigenvalue weighted by Crippen LogP contribution is 2.10. The lowest BCUT2D eigenvalue weighted by Crippen LogP contribution is -2.14. The van der Waals surface area contributed by atoms with E-state index in [2.05, 4.69) is 10.1 Å². The third-order valence-corrected chi connectivity index (χ3v) is 1.49. The van der Waals surface area contributed by atoms with Crippen LogP contribution in [-0.4, -0.2) is 22.1 Å². The molecule has 1 rings (SSSR count). The van der Waals surface area contributed by atoms with Gasteiger partial charge in [-0.15, -0.1) is 0 Å². The van der Waals surface area contributed by atoms with Crippen LogP contribution in [0.3, 0.4) is 0 Å². The molecule has 1 aromatic heterocycles. The topological polar surface area (TPSA) is 80.7 Å². The number of pyridine rings is 1. The fraction of sp³-hybridized carbons (Fsp3) is 0.333. The monoisotopic (exact) mass is 195 g/mol. The molecule has 1 aromatic rings. The maximum Gasteiger partial charge on any atom is 0.214 e. The summed E-state index contributed by atoms with van der Waals surface area (Å²) < 4.78 is 5.35. The molecule has 0 spiro atoms. The van der Waals surface area contributed by atoms with E-state index in [1.165, 1.54) is 0 Å². The second kappa shape index (κ2) is 4.45. The van der Waals surface area contributed by atoms with E-state index in [0.29, 0.717) is 11.4 Å². The van der Waals surface area contributed by atoms with Gasteiger partial charge in [0.25, 0.3) is 0 Å². The number of oxime groups is 1. The largest absolute Gasteiger partial charge is 0.475 e. The number of rotatable bonds is 3. The first-order valence-corrected chi connectivity index (χ1v) is 4.24. The molecule has 3 N–H and O–H groups in total. The SMILES string of the molecule is CC(C)Oc1cc(C(N)=NO)ccn1. The molecular weight excluding hydrogens is 182 g/mol. The van der Waals surface area contributed by atoms with Crippen molar-refractivity contribution in [2.24, 2.45) is 10.9 Å². The van der Waals surface area contributed by atoms with Gasteiger partial charge in [0.1, 0.15) is 0 Å². The lowest BCUT2D eigenvalue weighted by Gasteiger charge is -2.08. The molecule has 14 heavy (non-hydrogen) atoms. The van der Waals surface area contributed by atoms with Crippen LogP contribution >= 0.6 is 0 Å². The molecule has 0 aliphatic heterocycles. The number of hydrogen-bond donors (Lipinski definition) is 2. The molecule has 0 atom stereocenters.